The third kappa shape index (κ3) is 4.32. The van der Waals surface area contributed by atoms with Crippen molar-refractivity contribution in [3.63, 3.8) is 0 Å². The van der Waals surface area contributed by atoms with Gasteiger partial charge >= 0.3 is 0 Å². The zero-order valence-corrected chi connectivity index (χ0v) is 17.6. The van der Waals surface area contributed by atoms with Gasteiger partial charge in [-0.25, -0.2) is 0 Å². The van der Waals surface area contributed by atoms with Crippen LogP contribution in [0.25, 0.3) is 0 Å². The van der Waals surface area contributed by atoms with E-state index < -0.39 is 6.10 Å². The first-order valence-corrected chi connectivity index (χ1v) is 10.8. The van der Waals surface area contributed by atoms with Crippen LogP contribution in [0.5, 0.6) is 11.5 Å². The molecular weight excluding hydrogens is 370 g/mol. The van der Waals surface area contributed by atoms with E-state index in [4.69, 9.17) is 9.47 Å². The molecule has 4 rings (SSSR count). The highest BCUT2D eigenvalue weighted by Gasteiger charge is 2.33. The second-order valence-electron chi connectivity index (χ2n) is 8.19. The monoisotopic (exact) mass is 399 g/mol. The summed E-state index contributed by atoms with van der Waals surface area (Å²) in [5.74, 6) is 1.81. The van der Waals surface area contributed by atoms with Crippen LogP contribution in [-0.4, -0.2) is 29.2 Å². The first kappa shape index (κ1) is 19.6. The van der Waals surface area contributed by atoms with Gasteiger partial charge in [-0.15, -0.1) is 0 Å². The maximum absolute atomic E-state index is 10.9. The molecule has 0 aliphatic carbocycles. The van der Waals surface area contributed by atoms with Gasteiger partial charge < -0.3 is 19.9 Å². The SMILES string of the molecule is COc1ccc(CCC2CCC(C(O)c3ccc4c(c3)SC(C)(C)O4)N2)cc1. The van der Waals surface area contributed by atoms with Crippen LogP contribution < -0.4 is 14.8 Å². The van der Waals surface area contributed by atoms with Crippen molar-refractivity contribution in [1.82, 2.24) is 5.32 Å². The van der Waals surface area contributed by atoms with Gasteiger partial charge in [0.25, 0.3) is 0 Å². The van der Waals surface area contributed by atoms with Gasteiger partial charge in [0.15, 0.2) is 4.93 Å². The lowest BCUT2D eigenvalue weighted by Crippen LogP contribution is -2.34. The first-order valence-electron chi connectivity index (χ1n) is 10.0. The minimum absolute atomic E-state index is 0.110. The highest BCUT2D eigenvalue weighted by atomic mass is 32.2. The van der Waals surface area contributed by atoms with Crippen molar-refractivity contribution in [2.75, 3.05) is 7.11 Å². The third-order valence-electron chi connectivity index (χ3n) is 5.62. The van der Waals surface area contributed by atoms with Crippen LogP contribution in [0.15, 0.2) is 47.4 Å². The fourth-order valence-electron chi connectivity index (χ4n) is 4.12. The van der Waals surface area contributed by atoms with Crippen molar-refractivity contribution in [2.24, 2.45) is 0 Å². The average molecular weight is 400 g/mol. The smallest absolute Gasteiger partial charge is 0.153 e. The molecule has 2 aliphatic heterocycles. The maximum atomic E-state index is 10.9. The molecule has 3 atom stereocenters. The number of ether oxygens (including phenoxy) is 2. The Kier molecular flexibility index (Phi) is 5.59. The van der Waals surface area contributed by atoms with E-state index in [0.29, 0.717) is 6.04 Å². The largest absolute Gasteiger partial charge is 0.497 e. The summed E-state index contributed by atoms with van der Waals surface area (Å²) in [4.78, 5) is 0.889. The molecule has 0 radical (unpaired) electrons. The molecule has 2 aromatic rings. The fourth-order valence-corrected chi connectivity index (χ4v) is 5.18. The molecule has 1 fully saturated rings. The molecule has 2 N–H and O–H groups in total. The molecule has 3 unspecified atom stereocenters. The molecule has 28 heavy (non-hydrogen) atoms. The van der Waals surface area contributed by atoms with Crippen molar-refractivity contribution in [3.05, 3.63) is 53.6 Å². The zero-order valence-electron chi connectivity index (χ0n) is 16.8. The Hall–Kier alpha value is -1.69. The Bertz CT molecular complexity index is 821. The number of benzene rings is 2. The lowest BCUT2D eigenvalue weighted by molar-refractivity contribution is 0.134. The van der Waals surface area contributed by atoms with Crippen LogP contribution in [-0.2, 0) is 6.42 Å². The Morgan fingerprint density at radius 3 is 2.75 bits per heavy atom. The van der Waals surface area contributed by atoms with Crippen LogP contribution in [0.2, 0.25) is 0 Å². The summed E-state index contributed by atoms with van der Waals surface area (Å²) < 4.78 is 11.1. The van der Waals surface area contributed by atoms with Gasteiger partial charge in [0.2, 0.25) is 0 Å². The normalized spacial score (nSPS) is 23.9. The summed E-state index contributed by atoms with van der Waals surface area (Å²) in [6, 6.07) is 14.9. The Labute approximate surface area is 171 Å². The van der Waals surface area contributed by atoms with E-state index in [-0.39, 0.29) is 11.0 Å². The van der Waals surface area contributed by atoms with Crippen molar-refractivity contribution in [1.29, 1.82) is 0 Å². The van der Waals surface area contributed by atoms with Gasteiger partial charge in [0.05, 0.1) is 18.1 Å². The van der Waals surface area contributed by atoms with E-state index in [1.807, 2.05) is 24.3 Å². The first-order chi connectivity index (χ1) is 13.4. The van der Waals surface area contributed by atoms with Gasteiger partial charge in [-0.05, 0) is 74.9 Å². The van der Waals surface area contributed by atoms with Crippen LogP contribution in [0.4, 0.5) is 0 Å². The second-order valence-corrected chi connectivity index (χ2v) is 9.82. The predicted molar refractivity (Wildman–Crippen MR) is 113 cm³/mol. The number of nitrogens with one attached hydrogen (secondary N) is 1. The Morgan fingerprint density at radius 1 is 1.21 bits per heavy atom. The lowest BCUT2D eigenvalue weighted by Gasteiger charge is -2.21. The number of methoxy groups -OCH3 is 1. The zero-order chi connectivity index (χ0) is 19.7. The predicted octanol–water partition coefficient (Wildman–Crippen LogP) is 4.70. The number of hydrogen-bond donors (Lipinski definition) is 2. The number of aliphatic hydroxyl groups is 1. The van der Waals surface area contributed by atoms with Gasteiger partial charge in [-0.2, -0.15) is 0 Å². The Balaban J connectivity index is 1.32. The molecule has 0 amide bonds. The molecule has 0 bridgehead atoms. The van der Waals surface area contributed by atoms with Crippen LogP contribution >= 0.6 is 11.8 Å². The van der Waals surface area contributed by atoms with Crippen molar-refractivity contribution >= 4 is 11.8 Å². The van der Waals surface area contributed by atoms with Gasteiger partial charge in [-0.3, -0.25) is 0 Å². The van der Waals surface area contributed by atoms with Gasteiger partial charge in [0, 0.05) is 12.1 Å². The molecule has 0 aromatic heterocycles. The van der Waals surface area contributed by atoms with E-state index in [1.54, 1.807) is 18.9 Å². The van der Waals surface area contributed by atoms with E-state index in [2.05, 4.69) is 37.4 Å². The fraction of sp³-hybridized carbons (Fsp3) is 0.478. The summed E-state index contributed by atoms with van der Waals surface area (Å²) in [6.45, 7) is 4.14. The molecule has 2 heterocycles. The number of aliphatic hydroxyl groups excluding tert-OH is 1. The number of fused-ring (bicyclic) bond motifs is 1. The summed E-state index contributed by atoms with van der Waals surface area (Å²) in [5, 5.41) is 14.6. The molecular formula is C23H29NO3S. The van der Waals surface area contributed by atoms with Crippen molar-refractivity contribution in [3.8, 4) is 11.5 Å². The summed E-state index contributed by atoms with van der Waals surface area (Å²) >= 11 is 1.71. The van der Waals surface area contributed by atoms with Crippen LogP contribution in [0.3, 0.4) is 0 Å². The molecule has 4 nitrogen and oxygen atoms in total. The molecule has 0 spiro atoms. The van der Waals surface area contributed by atoms with E-state index >= 15 is 0 Å². The molecule has 5 heteroatoms. The number of rotatable bonds is 6. The Morgan fingerprint density at radius 2 is 2.00 bits per heavy atom. The van der Waals surface area contributed by atoms with Crippen LogP contribution in [0, 0.1) is 0 Å². The van der Waals surface area contributed by atoms with Gasteiger partial charge in [0.1, 0.15) is 11.5 Å². The minimum Gasteiger partial charge on any atom is -0.497 e. The molecule has 150 valence electrons. The lowest BCUT2D eigenvalue weighted by atomic mass is 10.0. The van der Waals surface area contributed by atoms with Crippen molar-refractivity contribution in [2.45, 2.75) is 67.5 Å². The molecule has 1 saturated heterocycles. The number of hydrogen-bond acceptors (Lipinski definition) is 5. The summed E-state index contributed by atoms with van der Waals surface area (Å²) in [6.07, 6.45) is 3.74. The third-order valence-corrected chi connectivity index (χ3v) is 6.73. The highest BCUT2D eigenvalue weighted by molar-refractivity contribution is 8.00. The number of aryl methyl sites for hydroxylation is 1. The van der Waals surface area contributed by atoms with Gasteiger partial charge in [-0.1, -0.05) is 30.0 Å². The summed E-state index contributed by atoms with van der Waals surface area (Å²) in [7, 11) is 1.69. The van der Waals surface area contributed by atoms with Crippen LogP contribution in [0.1, 0.15) is 50.3 Å². The molecule has 2 aromatic carbocycles. The topological polar surface area (TPSA) is 50.7 Å². The second kappa shape index (κ2) is 7.97. The quantitative estimate of drug-likeness (QED) is 0.737. The molecule has 0 saturated carbocycles. The number of thioether (sulfide) groups is 1. The van der Waals surface area contributed by atoms with E-state index in [9.17, 15) is 5.11 Å². The molecule has 2 aliphatic rings. The summed E-state index contributed by atoms with van der Waals surface area (Å²) in [5.41, 5.74) is 2.30. The van der Waals surface area contributed by atoms with Crippen molar-refractivity contribution < 1.29 is 14.6 Å². The standard InChI is InChI=1S/C23H29NO3S/c1-23(2)27-20-13-7-16(14-21(20)28-23)22(25)19-12-9-17(24-19)8-4-15-5-10-18(26-3)11-6-15/h5-7,10-11,13-14,17,19,22,24-25H,4,8-9,12H2,1-3H3. The average Bonchev–Trinajstić information content (AvgIpc) is 3.28. The van der Waals surface area contributed by atoms with E-state index in [0.717, 1.165) is 47.6 Å². The highest BCUT2D eigenvalue weighted by Crippen LogP contribution is 2.48. The van der Waals surface area contributed by atoms with E-state index in [1.165, 1.54) is 5.56 Å². The minimum atomic E-state index is -0.486. The maximum Gasteiger partial charge on any atom is 0.153 e.